The van der Waals surface area contributed by atoms with Crippen molar-refractivity contribution in [3.63, 3.8) is 0 Å². The lowest BCUT2D eigenvalue weighted by Crippen LogP contribution is -2.10. The lowest BCUT2D eigenvalue weighted by Gasteiger charge is -2.02. The van der Waals surface area contributed by atoms with Crippen molar-refractivity contribution >= 4 is 23.4 Å². The minimum absolute atomic E-state index is 0.0286. The zero-order valence-electron chi connectivity index (χ0n) is 13.6. The van der Waals surface area contributed by atoms with E-state index in [2.05, 4.69) is 20.6 Å². The molecule has 3 aromatic rings. The van der Waals surface area contributed by atoms with E-state index in [1.54, 1.807) is 24.3 Å². The van der Waals surface area contributed by atoms with Gasteiger partial charge in [-0.15, -0.1) is 0 Å². The first-order valence-electron chi connectivity index (χ1n) is 8.17. The molecule has 0 aliphatic heterocycles. The van der Waals surface area contributed by atoms with Crippen LogP contribution in [0.3, 0.4) is 0 Å². The minimum Gasteiger partial charge on any atom is -0.477 e. The third kappa shape index (κ3) is 3.41. The number of aromatic carboxylic acids is 1. The second-order valence-electron chi connectivity index (χ2n) is 6.05. The third-order valence-corrected chi connectivity index (χ3v) is 4.32. The molecule has 2 N–H and O–H groups in total. The van der Waals surface area contributed by atoms with Gasteiger partial charge in [0.05, 0.1) is 0 Å². The smallest absolute Gasteiger partial charge is 0.343 e. The van der Waals surface area contributed by atoms with Gasteiger partial charge >= 0.3 is 5.97 Å². The number of carboxylic acid groups (broad SMARTS) is 1. The molecule has 0 saturated heterocycles. The number of carboxylic acids is 1. The quantitative estimate of drug-likeness (QED) is 0.644. The largest absolute Gasteiger partial charge is 0.477 e. The van der Waals surface area contributed by atoms with Crippen LogP contribution in [-0.4, -0.2) is 32.9 Å². The first-order chi connectivity index (χ1) is 12.6. The van der Waals surface area contributed by atoms with E-state index in [-0.39, 0.29) is 17.1 Å². The van der Waals surface area contributed by atoms with Crippen LogP contribution >= 0.6 is 11.6 Å². The SMILES string of the molecule is O=C(O)c1c(NCCc2noc(C3CC3)n2)noc1-c1ccc(Cl)cc1. The van der Waals surface area contributed by atoms with E-state index in [9.17, 15) is 9.90 Å². The van der Waals surface area contributed by atoms with Crippen molar-refractivity contribution in [1.29, 1.82) is 0 Å². The van der Waals surface area contributed by atoms with Gasteiger partial charge in [0.2, 0.25) is 5.89 Å². The Labute approximate surface area is 153 Å². The minimum atomic E-state index is -1.13. The number of carbonyl (C=O) groups is 1. The van der Waals surface area contributed by atoms with Crippen molar-refractivity contribution < 1.29 is 18.9 Å². The standard InChI is InChI=1S/C17H15ClN4O4/c18-11-5-3-9(4-6-11)14-13(17(23)24)15(22-25-14)19-8-7-12-20-16(26-21-12)10-1-2-10/h3-6,10H,1-2,7-8H2,(H,19,22)(H,23,24). The molecule has 1 saturated carbocycles. The van der Waals surface area contributed by atoms with Crippen LogP contribution in [0.4, 0.5) is 5.82 Å². The second-order valence-corrected chi connectivity index (χ2v) is 6.48. The van der Waals surface area contributed by atoms with Crippen molar-refractivity contribution in [3.8, 4) is 11.3 Å². The molecule has 0 atom stereocenters. The zero-order valence-corrected chi connectivity index (χ0v) is 14.4. The van der Waals surface area contributed by atoms with Gasteiger partial charge in [0, 0.05) is 29.5 Å². The Morgan fingerprint density at radius 3 is 2.69 bits per heavy atom. The summed E-state index contributed by atoms with van der Waals surface area (Å²) >= 11 is 5.86. The Hall–Kier alpha value is -2.87. The molecule has 2 aromatic heterocycles. The zero-order chi connectivity index (χ0) is 18.1. The van der Waals surface area contributed by atoms with Gasteiger partial charge < -0.3 is 19.5 Å². The maximum atomic E-state index is 11.7. The summed E-state index contributed by atoms with van der Waals surface area (Å²) in [6, 6.07) is 6.67. The fraction of sp³-hybridized carbons (Fsp3) is 0.294. The highest BCUT2D eigenvalue weighted by Crippen LogP contribution is 2.38. The number of nitrogens with zero attached hydrogens (tertiary/aromatic N) is 3. The third-order valence-electron chi connectivity index (χ3n) is 4.06. The molecular weight excluding hydrogens is 360 g/mol. The van der Waals surface area contributed by atoms with E-state index in [4.69, 9.17) is 20.6 Å². The Morgan fingerprint density at radius 1 is 1.23 bits per heavy atom. The van der Waals surface area contributed by atoms with Gasteiger partial charge in [0.25, 0.3) is 0 Å². The van der Waals surface area contributed by atoms with Crippen LogP contribution in [0.2, 0.25) is 5.02 Å². The van der Waals surface area contributed by atoms with Crippen LogP contribution in [0, 0.1) is 0 Å². The maximum absolute atomic E-state index is 11.7. The highest BCUT2D eigenvalue weighted by atomic mass is 35.5. The number of nitrogens with one attached hydrogen (secondary N) is 1. The fourth-order valence-electron chi connectivity index (χ4n) is 2.57. The maximum Gasteiger partial charge on any atom is 0.343 e. The van der Waals surface area contributed by atoms with Crippen LogP contribution in [0.25, 0.3) is 11.3 Å². The lowest BCUT2D eigenvalue weighted by molar-refractivity contribution is 0.0698. The van der Waals surface area contributed by atoms with Crippen LogP contribution < -0.4 is 5.32 Å². The number of benzene rings is 1. The van der Waals surface area contributed by atoms with Gasteiger partial charge in [-0.25, -0.2) is 4.79 Å². The van der Waals surface area contributed by atoms with Crippen LogP contribution in [0.15, 0.2) is 33.3 Å². The van der Waals surface area contributed by atoms with E-state index in [1.807, 2.05) is 0 Å². The van der Waals surface area contributed by atoms with E-state index in [0.717, 1.165) is 12.8 Å². The molecule has 1 fully saturated rings. The van der Waals surface area contributed by atoms with Crippen LogP contribution in [0.1, 0.15) is 40.8 Å². The number of hydrogen-bond acceptors (Lipinski definition) is 7. The highest BCUT2D eigenvalue weighted by molar-refractivity contribution is 6.30. The normalized spacial score (nSPS) is 13.7. The lowest BCUT2D eigenvalue weighted by atomic mass is 10.1. The van der Waals surface area contributed by atoms with Gasteiger partial charge in [-0.1, -0.05) is 21.9 Å². The van der Waals surface area contributed by atoms with Gasteiger partial charge in [-0.2, -0.15) is 4.98 Å². The summed E-state index contributed by atoms with van der Waals surface area (Å²) < 4.78 is 10.4. The Kier molecular flexibility index (Phi) is 4.34. The van der Waals surface area contributed by atoms with Gasteiger partial charge in [0.1, 0.15) is 0 Å². The predicted molar refractivity (Wildman–Crippen MR) is 92.4 cm³/mol. The Balaban J connectivity index is 1.47. The number of rotatable bonds is 7. The average molecular weight is 375 g/mol. The van der Waals surface area contributed by atoms with Gasteiger partial charge in [-0.05, 0) is 37.1 Å². The highest BCUT2D eigenvalue weighted by Gasteiger charge is 2.29. The fourth-order valence-corrected chi connectivity index (χ4v) is 2.69. The molecule has 2 heterocycles. The number of halogens is 1. The second kappa shape index (κ2) is 6.80. The molecular formula is C17H15ClN4O4. The number of aromatic nitrogens is 3. The first kappa shape index (κ1) is 16.6. The molecule has 1 aromatic carbocycles. The molecule has 134 valence electrons. The molecule has 9 heteroatoms. The monoisotopic (exact) mass is 374 g/mol. The molecule has 1 aliphatic rings. The molecule has 0 amide bonds. The average Bonchev–Trinajstić information content (AvgIpc) is 3.21. The van der Waals surface area contributed by atoms with Crippen molar-refractivity contribution in [2.24, 2.45) is 0 Å². The summed E-state index contributed by atoms with van der Waals surface area (Å²) in [6.45, 7) is 0.399. The van der Waals surface area contributed by atoms with Gasteiger partial charge in [-0.3, -0.25) is 0 Å². The van der Waals surface area contributed by atoms with Crippen LogP contribution in [-0.2, 0) is 6.42 Å². The summed E-state index contributed by atoms with van der Waals surface area (Å²) in [5.74, 6) is 0.866. The van der Waals surface area contributed by atoms with Crippen LogP contribution in [0.5, 0.6) is 0 Å². The molecule has 1 aliphatic carbocycles. The van der Waals surface area contributed by atoms with E-state index >= 15 is 0 Å². The van der Waals surface area contributed by atoms with Crippen molar-refractivity contribution in [2.45, 2.75) is 25.2 Å². The first-order valence-corrected chi connectivity index (χ1v) is 8.55. The van der Waals surface area contributed by atoms with E-state index in [1.165, 1.54) is 0 Å². The van der Waals surface area contributed by atoms with Crippen molar-refractivity contribution in [3.05, 3.63) is 46.6 Å². The van der Waals surface area contributed by atoms with Gasteiger partial charge in [0.15, 0.2) is 23.0 Å². The predicted octanol–water partition coefficient (Wildman–Crippen LogP) is 3.61. The van der Waals surface area contributed by atoms with E-state index < -0.39 is 5.97 Å². The summed E-state index contributed by atoms with van der Waals surface area (Å²) in [5, 5.41) is 20.8. The molecule has 4 rings (SSSR count). The van der Waals surface area contributed by atoms with Crippen molar-refractivity contribution in [1.82, 2.24) is 15.3 Å². The Bertz CT molecular complexity index is 931. The molecule has 0 spiro atoms. The topological polar surface area (TPSA) is 114 Å². The summed E-state index contributed by atoms with van der Waals surface area (Å²) in [4.78, 5) is 16.0. The number of anilines is 1. The van der Waals surface area contributed by atoms with E-state index in [0.29, 0.717) is 41.2 Å². The molecule has 26 heavy (non-hydrogen) atoms. The summed E-state index contributed by atoms with van der Waals surface area (Å²) in [7, 11) is 0. The number of hydrogen-bond donors (Lipinski definition) is 2. The molecule has 8 nitrogen and oxygen atoms in total. The molecule has 0 unspecified atom stereocenters. The summed E-state index contributed by atoms with van der Waals surface area (Å²) in [5.41, 5.74) is 0.554. The molecule has 0 radical (unpaired) electrons. The van der Waals surface area contributed by atoms with Crippen molar-refractivity contribution in [2.75, 3.05) is 11.9 Å². The Morgan fingerprint density at radius 2 is 2.00 bits per heavy atom. The summed E-state index contributed by atoms with van der Waals surface area (Å²) in [6.07, 6.45) is 2.67. The molecule has 0 bridgehead atoms.